The van der Waals surface area contributed by atoms with E-state index < -0.39 is 0 Å². The molecular weight excluding hydrogens is 408 g/mol. The fraction of sp³-hybridized carbons (Fsp3) is 0.550. The number of morpholine rings is 1. The SMILES string of the molecule is O=C(CSc1ccncc1)N1C[C@@H]2[C@H](CO)[C@H]3CN(Cc4nccs4)C[C@]2(C1)O3. The molecule has 0 radical (unpaired) electrons. The van der Waals surface area contributed by atoms with E-state index in [9.17, 15) is 9.90 Å². The highest BCUT2D eigenvalue weighted by atomic mass is 32.2. The van der Waals surface area contributed by atoms with E-state index in [4.69, 9.17) is 4.74 Å². The lowest BCUT2D eigenvalue weighted by Gasteiger charge is -2.40. The summed E-state index contributed by atoms with van der Waals surface area (Å²) in [6, 6.07) is 3.84. The van der Waals surface area contributed by atoms with Gasteiger partial charge in [-0.15, -0.1) is 23.1 Å². The number of aliphatic hydroxyl groups excluding tert-OH is 1. The predicted molar refractivity (Wildman–Crippen MR) is 111 cm³/mol. The lowest BCUT2D eigenvalue weighted by atomic mass is 9.83. The number of thiazole rings is 1. The van der Waals surface area contributed by atoms with Crippen LogP contribution in [0, 0.1) is 11.8 Å². The molecule has 29 heavy (non-hydrogen) atoms. The molecule has 4 atom stereocenters. The van der Waals surface area contributed by atoms with Gasteiger partial charge in [-0.05, 0) is 12.1 Å². The van der Waals surface area contributed by atoms with Crippen molar-refractivity contribution in [1.82, 2.24) is 19.8 Å². The van der Waals surface area contributed by atoms with Crippen LogP contribution in [0.1, 0.15) is 5.01 Å². The zero-order valence-corrected chi connectivity index (χ0v) is 17.6. The van der Waals surface area contributed by atoms with E-state index >= 15 is 0 Å². The molecule has 3 fully saturated rings. The van der Waals surface area contributed by atoms with Gasteiger partial charge in [0.05, 0.1) is 24.9 Å². The zero-order valence-electron chi connectivity index (χ0n) is 16.0. The molecule has 3 aliphatic heterocycles. The predicted octanol–water partition coefficient (Wildman–Crippen LogP) is 1.35. The Morgan fingerprint density at radius 3 is 2.93 bits per heavy atom. The molecule has 1 spiro atoms. The summed E-state index contributed by atoms with van der Waals surface area (Å²) >= 11 is 3.20. The maximum absolute atomic E-state index is 12.9. The van der Waals surface area contributed by atoms with Crippen LogP contribution in [-0.4, -0.2) is 81.0 Å². The zero-order chi connectivity index (χ0) is 19.8. The van der Waals surface area contributed by atoms with Gasteiger partial charge < -0.3 is 14.7 Å². The average molecular weight is 433 g/mol. The minimum atomic E-state index is -0.370. The molecule has 1 N–H and O–H groups in total. The number of aliphatic hydroxyl groups is 1. The van der Waals surface area contributed by atoms with Gasteiger partial charge in [-0.3, -0.25) is 14.7 Å². The summed E-state index contributed by atoms with van der Waals surface area (Å²) in [5, 5.41) is 13.1. The average Bonchev–Trinajstić information content (AvgIpc) is 3.40. The number of ether oxygens (including phenoxy) is 1. The molecule has 0 unspecified atom stereocenters. The second-order valence-electron chi connectivity index (χ2n) is 8.02. The number of fused-ring (bicyclic) bond motifs is 1. The van der Waals surface area contributed by atoms with Crippen molar-refractivity contribution < 1.29 is 14.6 Å². The molecule has 3 aliphatic rings. The van der Waals surface area contributed by atoms with Crippen molar-refractivity contribution >= 4 is 29.0 Å². The molecule has 5 heterocycles. The van der Waals surface area contributed by atoms with E-state index in [0.29, 0.717) is 18.8 Å². The van der Waals surface area contributed by atoms with Crippen LogP contribution in [0.4, 0.5) is 0 Å². The summed E-state index contributed by atoms with van der Waals surface area (Å²) in [5.41, 5.74) is -0.370. The molecule has 2 aromatic rings. The number of nitrogens with zero attached hydrogens (tertiary/aromatic N) is 4. The first-order chi connectivity index (χ1) is 14.2. The topological polar surface area (TPSA) is 78.8 Å². The largest absolute Gasteiger partial charge is 0.396 e. The van der Waals surface area contributed by atoms with Crippen LogP contribution >= 0.6 is 23.1 Å². The summed E-state index contributed by atoms with van der Waals surface area (Å²) in [4.78, 5) is 26.7. The highest BCUT2D eigenvalue weighted by Gasteiger charge is 2.62. The summed E-state index contributed by atoms with van der Waals surface area (Å²) in [6.45, 7) is 3.78. The van der Waals surface area contributed by atoms with Crippen molar-refractivity contribution in [2.75, 3.05) is 38.5 Å². The molecule has 2 bridgehead atoms. The van der Waals surface area contributed by atoms with Gasteiger partial charge >= 0.3 is 0 Å². The first kappa shape index (κ1) is 19.4. The number of hydrogen-bond donors (Lipinski definition) is 1. The molecule has 9 heteroatoms. The van der Waals surface area contributed by atoms with Crippen LogP contribution in [0.3, 0.4) is 0 Å². The van der Waals surface area contributed by atoms with Crippen LogP contribution < -0.4 is 0 Å². The number of carbonyl (C=O) groups is 1. The third-order valence-corrected chi connectivity index (χ3v) is 8.04. The fourth-order valence-corrected chi connectivity index (χ4v) is 6.47. The Hall–Kier alpha value is -1.52. The summed E-state index contributed by atoms with van der Waals surface area (Å²) < 4.78 is 6.48. The molecular formula is C20H24N4O3S2. The quantitative estimate of drug-likeness (QED) is 0.691. The number of hydrogen-bond acceptors (Lipinski definition) is 8. The fourth-order valence-electron chi connectivity index (χ4n) is 5.03. The van der Waals surface area contributed by atoms with E-state index in [1.54, 1.807) is 23.7 Å². The van der Waals surface area contributed by atoms with Gasteiger partial charge in [-0.2, -0.15) is 0 Å². The Balaban J connectivity index is 1.27. The van der Waals surface area contributed by atoms with Gasteiger partial charge in [-0.1, -0.05) is 0 Å². The van der Waals surface area contributed by atoms with E-state index in [1.165, 1.54) is 11.8 Å². The molecule has 0 saturated carbocycles. The molecule has 1 amide bonds. The minimum absolute atomic E-state index is 0.0298. The molecule has 2 aromatic heterocycles. The van der Waals surface area contributed by atoms with Crippen LogP contribution in [-0.2, 0) is 16.1 Å². The van der Waals surface area contributed by atoms with E-state index in [2.05, 4.69) is 14.9 Å². The molecule has 0 aliphatic carbocycles. The van der Waals surface area contributed by atoms with Gasteiger partial charge in [-0.25, -0.2) is 4.98 Å². The first-order valence-electron chi connectivity index (χ1n) is 9.87. The van der Waals surface area contributed by atoms with Gasteiger partial charge in [0.2, 0.25) is 5.91 Å². The van der Waals surface area contributed by atoms with Gasteiger partial charge in [0.15, 0.2) is 0 Å². The van der Waals surface area contributed by atoms with E-state index in [-0.39, 0.29) is 36.1 Å². The molecule has 154 valence electrons. The Morgan fingerprint density at radius 1 is 1.31 bits per heavy atom. The van der Waals surface area contributed by atoms with Crippen molar-refractivity contribution in [3.8, 4) is 0 Å². The minimum Gasteiger partial charge on any atom is -0.396 e. The van der Waals surface area contributed by atoms with Crippen molar-refractivity contribution in [3.63, 3.8) is 0 Å². The van der Waals surface area contributed by atoms with Gasteiger partial charge in [0, 0.05) is 66.9 Å². The third-order valence-electron chi connectivity index (χ3n) is 6.28. The highest BCUT2D eigenvalue weighted by molar-refractivity contribution is 8.00. The number of aromatic nitrogens is 2. The Labute approximate surface area is 178 Å². The smallest absolute Gasteiger partial charge is 0.233 e. The number of likely N-dealkylation sites (tertiary alicyclic amines) is 2. The third kappa shape index (κ3) is 3.70. The number of amides is 1. The number of pyridine rings is 1. The molecule has 3 saturated heterocycles. The lowest BCUT2D eigenvalue weighted by molar-refractivity contribution is -0.137. The lowest BCUT2D eigenvalue weighted by Crippen LogP contribution is -2.54. The Morgan fingerprint density at radius 2 is 2.17 bits per heavy atom. The van der Waals surface area contributed by atoms with E-state index in [1.807, 2.05) is 28.6 Å². The Bertz CT molecular complexity index is 853. The highest BCUT2D eigenvalue weighted by Crippen LogP contribution is 2.49. The first-order valence-corrected chi connectivity index (χ1v) is 11.7. The van der Waals surface area contributed by atoms with Crippen LogP contribution in [0.5, 0.6) is 0 Å². The Kier molecular flexibility index (Phi) is 5.34. The number of thioether (sulfide) groups is 1. The number of rotatable bonds is 6. The van der Waals surface area contributed by atoms with Gasteiger partial charge in [0.1, 0.15) is 10.6 Å². The van der Waals surface area contributed by atoms with Crippen molar-refractivity contribution in [3.05, 3.63) is 41.1 Å². The molecule has 0 aromatic carbocycles. The normalized spacial score (nSPS) is 31.2. The standard InChI is InChI=1S/C20H24N4O3S2/c25-10-15-16-7-24(19(26)11-29-14-1-3-21-4-2-14)13-20(16)12-23(8-17(15)27-20)9-18-22-5-6-28-18/h1-6,15-17,25H,7-13H2/t15-,16+,17+,20+/m0/s1. The van der Waals surface area contributed by atoms with Crippen molar-refractivity contribution in [1.29, 1.82) is 0 Å². The van der Waals surface area contributed by atoms with E-state index in [0.717, 1.165) is 29.5 Å². The maximum Gasteiger partial charge on any atom is 0.233 e. The summed E-state index contributed by atoms with van der Waals surface area (Å²) in [5.74, 6) is 0.808. The second kappa shape index (κ2) is 7.96. The van der Waals surface area contributed by atoms with Crippen molar-refractivity contribution in [2.24, 2.45) is 11.8 Å². The molecule has 7 nitrogen and oxygen atoms in total. The van der Waals surface area contributed by atoms with Gasteiger partial charge in [0.25, 0.3) is 0 Å². The maximum atomic E-state index is 12.9. The molecule has 5 rings (SSSR count). The van der Waals surface area contributed by atoms with Crippen LogP contribution in [0.25, 0.3) is 0 Å². The summed E-state index contributed by atoms with van der Waals surface area (Å²) in [7, 11) is 0. The monoisotopic (exact) mass is 432 g/mol. The van der Waals surface area contributed by atoms with Crippen LogP contribution in [0.2, 0.25) is 0 Å². The summed E-state index contributed by atoms with van der Waals surface area (Å²) in [6.07, 6.45) is 5.35. The van der Waals surface area contributed by atoms with Crippen molar-refractivity contribution in [2.45, 2.75) is 23.1 Å². The number of carbonyl (C=O) groups excluding carboxylic acids is 1. The van der Waals surface area contributed by atoms with Crippen LogP contribution in [0.15, 0.2) is 41.0 Å². The second-order valence-corrected chi connectivity index (χ2v) is 10.0.